The van der Waals surface area contributed by atoms with E-state index in [1.165, 1.54) is 7.11 Å². The van der Waals surface area contributed by atoms with Crippen LogP contribution in [0.25, 0.3) is 0 Å². The summed E-state index contributed by atoms with van der Waals surface area (Å²) < 4.78 is 12.0. The highest BCUT2D eigenvalue weighted by Crippen LogP contribution is 2.55. The molecule has 8 rings (SSSR count). The summed E-state index contributed by atoms with van der Waals surface area (Å²) in [6.45, 7) is 13.9. The van der Waals surface area contributed by atoms with Crippen molar-refractivity contribution in [1.29, 1.82) is 5.26 Å². The molecule has 320 valence electrons. The number of benzene rings is 2. The second-order valence-corrected chi connectivity index (χ2v) is 18.2. The maximum atomic E-state index is 13.5. The molecule has 2 N–H and O–H groups in total. The molecule has 5 amide bonds. The van der Waals surface area contributed by atoms with Crippen LogP contribution in [0.1, 0.15) is 90.0 Å². The number of nitrogens with zero attached hydrogens (tertiary/aromatic N) is 7. The lowest BCUT2D eigenvalue weighted by atomic mass is 9.49. The molecule has 2 aromatic carbocycles. The molecule has 1 saturated carbocycles. The lowest BCUT2D eigenvalue weighted by Gasteiger charge is -2.63. The van der Waals surface area contributed by atoms with Crippen molar-refractivity contribution in [1.82, 2.24) is 30.4 Å². The number of aromatic nitrogens is 2. The van der Waals surface area contributed by atoms with Gasteiger partial charge in [0, 0.05) is 99.3 Å². The normalized spacial score (nSPS) is 23.8. The lowest BCUT2D eigenvalue weighted by molar-refractivity contribution is -0.164. The highest BCUT2D eigenvalue weighted by atomic mass is 35.5. The summed E-state index contributed by atoms with van der Waals surface area (Å²) in [7, 11) is 1.46. The van der Waals surface area contributed by atoms with Gasteiger partial charge in [-0.1, -0.05) is 39.3 Å². The number of hydrogen-bond acceptors (Lipinski definition) is 13. The van der Waals surface area contributed by atoms with Crippen LogP contribution in [-0.4, -0.2) is 120 Å². The Hall–Kier alpha value is -5.79. The van der Waals surface area contributed by atoms with E-state index in [0.29, 0.717) is 33.8 Å². The van der Waals surface area contributed by atoms with E-state index in [9.17, 15) is 29.2 Å². The minimum atomic E-state index is -1.04. The average molecular weight is 852 g/mol. The standard InChI is InChI=1S/C44H50ClN9O7/c1-43(2)40(44(3,4)41(43)61-29-7-6-26(21-46)31(45)20-29)50-36(56)27-22-47-42(48-23-27)53-12-10-25(11-13-53)24-51-14-16-52(17-15-51)28-18-30-35(33(19-28)60-5)39(59)54(38(30)58)32-8-9-34(55)49-37(32)57/h6-7,18-20,22-23,25,32,40-41H,8-17,24H2,1-5H3,(H,50,56)(H,49,55,57). The van der Waals surface area contributed by atoms with E-state index in [1.807, 2.05) is 0 Å². The molecule has 4 aliphatic heterocycles. The van der Waals surface area contributed by atoms with Crippen molar-refractivity contribution in [3.63, 3.8) is 0 Å². The van der Waals surface area contributed by atoms with E-state index >= 15 is 0 Å². The number of halogens is 1. The molecule has 5 aliphatic rings. The fourth-order valence-electron chi connectivity index (χ4n) is 10.2. The molecule has 4 fully saturated rings. The molecule has 17 heteroatoms. The van der Waals surface area contributed by atoms with Gasteiger partial charge in [0.15, 0.2) is 0 Å². The molecule has 61 heavy (non-hydrogen) atoms. The van der Waals surface area contributed by atoms with Gasteiger partial charge in [0.1, 0.15) is 29.7 Å². The van der Waals surface area contributed by atoms with Gasteiger partial charge in [-0.2, -0.15) is 5.26 Å². The third kappa shape index (κ3) is 7.74. The Labute approximate surface area is 359 Å². The Morgan fingerprint density at radius 3 is 2.25 bits per heavy atom. The zero-order chi connectivity index (χ0) is 43.4. The molecule has 1 aromatic heterocycles. The van der Waals surface area contributed by atoms with Gasteiger partial charge in [-0.15, -0.1) is 0 Å². The fourth-order valence-corrected chi connectivity index (χ4v) is 10.4. The predicted molar refractivity (Wildman–Crippen MR) is 225 cm³/mol. The topological polar surface area (TPSA) is 190 Å². The summed E-state index contributed by atoms with van der Waals surface area (Å²) in [6.07, 6.45) is 5.07. The number of anilines is 2. The summed E-state index contributed by atoms with van der Waals surface area (Å²) >= 11 is 6.24. The number of carbonyl (C=O) groups excluding carboxylic acids is 5. The second-order valence-electron chi connectivity index (χ2n) is 17.8. The van der Waals surface area contributed by atoms with Crippen LogP contribution in [0.15, 0.2) is 42.7 Å². The van der Waals surface area contributed by atoms with Crippen LogP contribution < -0.4 is 29.9 Å². The summed E-state index contributed by atoms with van der Waals surface area (Å²) in [5.41, 5.74) is 1.10. The molecule has 1 unspecified atom stereocenters. The third-order valence-corrected chi connectivity index (χ3v) is 13.5. The maximum absolute atomic E-state index is 13.5. The Morgan fingerprint density at radius 2 is 1.62 bits per heavy atom. The Bertz CT molecular complexity index is 2300. The van der Waals surface area contributed by atoms with E-state index in [-0.39, 0.29) is 47.8 Å². The number of fused-ring (bicyclic) bond motifs is 1. The molecular weight excluding hydrogens is 802 g/mol. The predicted octanol–water partition coefficient (Wildman–Crippen LogP) is 4.06. The molecular formula is C44H50ClN9O7. The fraction of sp³-hybridized carbons (Fsp3) is 0.500. The van der Waals surface area contributed by atoms with Crippen LogP contribution in [0.5, 0.6) is 11.5 Å². The second kappa shape index (κ2) is 16.2. The number of piperazine rings is 1. The number of imide groups is 2. The first-order valence-electron chi connectivity index (χ1n) is 20.8. The molecule has 1 atom stereocenters. The molecule has 0 radical (unpaired) electrons. The minimum absolute atomic E-state index is 0.0540. The zero-order valence-electron chi connectivity index (χ0n) is 35.0. The van der Waals surface area contributed by atoms with Crippen molar-refractivity contribution < 1.29 is 33.4 Å². The van der Waals surface area contributed by atoms with Crippen molar-refractivity contribution in [2.24, 2.45) is 16.7 Å². The molecule has 16 nitrogen and oxygen atoms in total. The van der Waals surface area contributed by atoms with E-state index in [4.69, 9.17) is 21.1 Å². The van der Waals surface area contributed by atoms with Crippen LogP contribution in [0, 0.1) is 28.1 Å². The number of piperidine rings is 2. The smallest absolute Gasteiger partial charge is 0.266 e. The Morgan fingerprint density at radius 1 is 0.934 bits per heavy atom. The zero-order valence-corrected chi connectivity index (χ0v) is 35.8. The van der Waals surface area contributed by atoms with E-state index in [1.54, 1.807) is 42.7 Å². The first-order chi connectivity index (χ1) is 29.1. The molecule has 3 saturated heterocycles. The van der Waals surface area contributed by atoms with Crippen molar-refractivity contribution in [3.05, 3.63) is 70.0 Å². The number of nitrogens with one attached hydrogen (secondary N) is 2. The molecule has 3 aromatic rings. The third-order valence-electron chi connectivity index (χ3n) is 13.2. The van der Waals surface area contributed by atoms with Crippen LogP contribution in [0.2, 0.25) is 5.02 Å². The molecule has 0 bridgehead atoms. The highest BCUT2D eigenvalue weighted by molar-refractivity contribution is 6.31. The van der Waals surface area contributed by atoms with Gasteiger partial charge in [0.2, 0.25) is 17.8 Å². The van der Waals surface area contributed by atoms with Gasteiger partial charge in [-0.3, -0.25) is 39.1 Å². The van der Waals surface area contributed by atoms with E-state index in [0.717, 1.165) is 69.2 Å². The SMILES string of the molecule is COc1cc(N2CCN(CC3CCN(c4ncc(C(=O)NC5C(C)(C)C(Oc6ccc(C#N)c(Cl)c6)C5(C)C)cn4)CC3)CC2)cc2c1C(=O)N(C1CCC(=O)NC1=O)C2=O. The molecule has 5 heterocycles. The van der Waals surface area contributed by atoms with Crippen LogP contribution in [0.4, 0.5) is 11.6 Å². The summed E-state index contributed by atoms with van der Waals surface area (Å²) in [5, 5.41) is 15.0. The van der Waals surface area contributed by atoms with E-state index < -0.39 is 40.5 Å². The average Bonchev–Trinajstić information content (AvgIpc) is 3.50. The largest absolute Gasteiger partial charge is 0.496 e. The highest BCUT2D eigenvalue weighted by Gasteiger charge is 2.64. The van der Waals surface area contributed by atoms with Gasteiger partial charge in [0.05, 0.1) is 34.4 Å². The van der Waals surface area contributed by atoms with Gasteiger partial charge < -0.3 is 24.6 Å². The molecule has 0 spiro atoms. The summed E-state index contributed by atoms with van der Waals surface area (Å²) in [4.78, 5) is 81.6. The van der Waals surface area contributed by atoms with Gasteiger partial charge in [-0.25, -0.2) is 9.97 Å². The van der Waals surface area contributed by atoms with Gasteiger partial charge in [0.25, 0.3) is 17.7 Å². The van der Waals surface area contributed by atoms with Crippen LogP contribution >= 0.6 is 11.6 Å². The number of hydrogen-bond donors (Lipinski definition) is 2. The summed E-state index contributed by atoms with van der Waals surface area (Å²) in [5.74, 6) is -0.490. The van der Waals surface area contributed by atoms with E-state index in [2.05, 4.69) is 69.1 Å². The summed E-state index contributed by atoms with van der Waals surface area (Å²) in [6, 6.07) is 9.36. The Kier molecular flexibility index (Phi) is 11.2. The van der Waals surface area contributed by atoms with Crippen molar-refractivity contribution in [3.8, 4) is 17.6 Å². The minimum Gasteiger partial charge on any atom is -0.496 e. The number of carbonyl (C=O) groups is 5. The Balaban J connectivity index is 0.806. The first kappa shape index (κ1) is 41.9. The number of ether oxygens (including phenoxy) is 2. The molecule has 1 aliphatic carbocycles. The first-order valence-corrected chi connectivity index (χ1v) is 21.1. The maximum Gasteiger partial charge on any atom is 0.266 e. The number of methoxy groups -OCH3 is 1. The quantitative estimate of drug-likeness (QED) is 0.278. The monoisotopic (exact) mass is 851 g/mol. The van der Waals surface area contributed by atoms with Crippen molar-refractivity contribution in [2.75, 3.05) is 62.7 Å². The van der Waals surface area contributed by atoms with Crippen molar-refractivity contribution >= 4 is 52.8 Å². The van der Waals surface area contributed by atoms with Gasteiger partial charge in [-0.05, 0) is 43.4 Å². The van der Waals surface area contributed by atoms with Gasteiger partial charge >= 0.3 is 0 Å². The van der Waals surface area contributed by atoms with Crippen LogP contribution in [0.3, 0.4) is 0 Å². The number of rotatable bonds is 10. The van der Waals surface area contributed by atoms with Crippen molar-refractivity contribution in [2.45, 2.75) is 71.6 Å². The number of nitriles is 1. The van der Waals surface area contributed by atoms with Crippen LogP contribution in [-0.2, 0) is 9.59 Å². The number of amides is 5. The lowest BCUT2D eigenvalue weighted by Crippen LogP contribution is -2.74.